The Morgan fingerprint density at radius 3 is 2.88 bits per heavy atom. The Morgan fingerprint density at radius 2 is 2.24 bits per heavy atom. The number of halogens is 1. The van der Waals surface area contributed by atoms with E-state index in [0.717, 1.165) is 37.1 Å². The minimum Gasteiger partial charge on any atom is -0.398 e. The summed E-state index contributed by atoms with van der Waals surface area (Å²) in [7, 11) is 0. The van der Waals surface area contributed by atoms with Crippen LogP contribution in [0.4, 0.5) is 11.4 Å². The van der Waals surface area contributed by atoms with Crippen LogP contribution in [0.5, 0.6) is 0 Å². The summed E-state index contributed by atoms with van der Waals surface area (Å²) < 4.78 is 0. The lowest BCUT2D eigenvalue weighted by atomic mass is 10.1. The summed E-state index contributed by atoms with van der Waals surface area (Å²) >= 11 is 6.00. The smallest absolute Gasteiger partial charge is 0.0656 e. The van der Waals surface area contributed by atoms with Gasteiger partial charge in [0.05, 0.1) is 16.8 Å². The van der Waals surface area contributed by atoms with Crippen LogP contribution in [-0.2, 0) is 0 Å². The lowest BCUT2D eigenvalue weighted by molar-refractivity contribution is 0.178. The van der Waals surface area contributed by atoms with Crippen molar-refractivity contribution in [3.63, 3.8) is 0 Å². The van der Waals surface area contributed by atoms with Gasteiger partial charge in [0, 0.05) is 12.2 Å². The van der Waals surface area contributed by atoms with Gasteiger partial charge in [0.2, 0.25) is 0 Å². The topological polar surface area (TPSA) is 58.3 Å². The molecule has 2 atom stereocenters. The van der Waals surface area contributed by atoms with Crippen LogP contribution >= 0.6 is 11.6 Å². The van der Waals surface area contributed by atoms with Gasteiger partial charge in [-0.1, -0.05) is 11.6 Å². The van der Waals surface area contributed by atoms with Crippen molar-refractivity contribution < 1.29 is 5.11 Å². The number of nitrogen functional groups attached to an aromatic ring is 1. The first-order valence-electron chi connectivity index (χ1n) is 6.04. The number of aryl methyl sites for hydroxylation is 1. The molecule has 1 aromatic rings. The molecular weight excluding hydrogens is 236 g/mol. The lowest BCUT2D eigenvalue weighted by Crippen LogP contribution is -2.13. The van der Waals surface area contributed by atoms with Gasteiger partial charge in [0.15, 0.2) is 0 Å². The largest absolute Gasteiger partial charge is 0.398 e. The molecule has 0 heterocycles. The van der Waals surface area contributed by atoms with Gasteiger partial charge in [0.25, 0.3) is 0 Å². The van der Waals surface area contributed by atoms with Crippen molar-refractivity contribution in [1.82, 2.24) is 0 Å². The number of benzene rings is 1. The number of aliphatic hydroxyl groups excluding tert-OH is 1. The van der Waals surface area contributed by atoms with Crippen LogP contribution in [0.25, 0.3) is 0 Å². The van der Waals surface area contributed by atoms with Crippen molar-refractivity contribution in [1.29, 1.82) is 0 Å². The number of nitrogens with two attached hydrogens (primary N) is 1. The van der Waals surface area contributed by atoms with Crippen LogP contribution < -0.4 is 11.1 Å². The molecule has 1 aromatic carbocycles. The van der Waals surface area contributed by atoms with Crippen molar-refractivity contribution in [2.24, 2.45) is 5.92 Å². The standard InChI is InChI=1S/C13H19ClN2O/c1-8-4-12(15)11(14)6-13(8)16-7-9-2-3-10(17)5-9/h4,6,9-10,16-17H,2-3,5,7,15H2,1H3. The highest BCUT2D eigenvalue weighted by atomic mass is 35.5. The van der Waals surface area contributed by atoms with E-state index in [0.29, 0.717) is 16.6 Å². The monoisotopic (exact) mass is 254 g/mol. The van der Waals surface area contributed by atoms with Crippen LogP contribution in [0, 0.1) is 12.8 Å². The number of hydrogen-bond donors (Lipinski definition) is 3. The summed E-state index contributed by atoms with van der Waals surface area (Å²) in [5, 5.41) is 13.4. The van der Waals surface area contributed by atoms with Crippen molar-refractivity contribution >= 4 is 23.0 Å². The fourth-order valence-corrected chi connectivity index (χ4v) is 2.55. The van der Waals surface area contributed by atoms with Crippen molar-refractivity contribution in [3.8, 4) is 0 Å². The Balaban J connectivity index is 1.97. The molecular formula is C13H19ClN2O. The highest BCUT2D eigenvalue weighted by Gasteiger charge is 2.22. The Bertz CT molecular complexity index is 409. The van der Waals surface area contributed by atoms with Gasteiger partial charge in [-0.2, -0.15) is 0 Å². The zero-order chi connectivity index (χ0) is 12.4. The Morgan fingerprint density at radius 1 is 1.47 bits per heavy atom. The van der Waals surface area contributed by atoms with Gasteiger partial charge < -0.3 is 16.2 Å². The summed E-state index contributed by atoms with van der Waals surface area (Å²) in [6, 6.07) is 3.76. The predicted molar refractivity (Wildman–Crippen MR) is 72.4 cm³/mol. The number of hydrogen-bond acceptors (Lipinski definition) is 3. The number of nitrogens with one attached hydrogen (secondary N) is 1. The highest BCUT2D eigenvalue weighted by molar-refractivity contribution is 6.33. The van der Waals surface area contributed by atoms with Gasteiger partial charge in [-0.15, -0.1) is 0 Å². The highest BCUT2D eigenvalue weighted by Crippen LogP contribution is 2.29. The molecule has 4 N–H and O–H groups in total. The van der Waals surface area contributed by atoms with E-state index in [9.17, 15) is 5.11 Å². The number of rotatable bonds is 3. The second-order valence-corrected chi connectivity index (χ2v) is 5.31. The normalized spacial score (nSPS) is 23.9. The third-order valence-electron chi connectivity index (χ3n) is 3.44. The van der Waals surface area contributed by atoms with E-state index >= 15 is 0 Å². The van der Waals surface area contributed by atoms with Crippen LogP contribution in [0.1, 0.15) is 24.8 Å². The molecule has 94 valence electrons. The third-order valence-corrected chi connectivity index (χ3v) is 3.77. The zero-order valence-corrected chi connectivity index (χ0v) is 10.8. The number of anilines is 2. The minimum absolute atomic E-state index is 0.113. The molecule has 2 unspecified atom stereocenters. The maximum atomic E-state index is 9.47. The molecule has 0 bridgehead atoms. The third kappa shape index (κ3) is 3.05. The summed E-state index contributed by atoms with van der Waals surface area (Å²) in [5.74, 6) is 0.556. The first-order chi connectivity index (χ1) is 8.06. The van der Waals surface area contributed by atoms with E-state index in [2.05, 4.69) is 5.32 Å². The van der Waals surface area contributed by atoms with Gasteiger partial charge in [-0.05, 0) is 49.8 Å². The first kappa shape index (κ1) is 12.5. The molecule has 0 amide bonds. The molecule has 0 aliphatic heterocycles. The van der Waals surface area contributed by atoms with Crippen LogP contribution in [0.3, 0.4) is 0 Å². The Kier molecular flexibility index (Phi) is 3.79. The fraction of sp³-hybridized carbons (Fsp3) is 0.538. The summed E-state index contributed by atoms with van der Waals surface area (Å²) in [6.45, 7) is 2.90. The van der Waals surface area contributed by atoms with E-state index in [1.807, 2.05) is 19.1 Å². The van der Waals surface area contributed by atoms with Crippen LogP contribution in [-0.4, -0.2) is 17.8 Å². The van der Waals surface area contributed by atoms with E-state index in [1.165, 1.54) is 0 Å². The van der Waals surface area contributed by atoms with E-state index < -0.39 is 0 Å². The second-order valence-electron chi connectivity index (χ2n) is 4.90. The molecule has 17 heavy (non-hydrogen) atoms. The van der Waals surface area contributed by atoms with Crippen LogP contribution in [0.2, 0.25) is 5.02 Å². The number of aliphatic hydroxyl groups is 1. The molecule has 0 radical (unpaired) electrons. The molecule has 1 fully saturated rings. The summed E-state index contributed by atoms with van der Waals surface area (Å²) in [6.07, 6.45) is 2.80. The average molecular weight is 255 g/mol. The maximum Gasteiger partial charge on any atom is 0.0656 e. The zero-order valence-electron chi connectivity index (χ0n) is 10.0. The average Bonchev–Trinajstić information content (AvgIpc) is 2.68. The molecule has 1 saturated carbocycles. The molecule has 0 aromatic heterocycles. The van der Waals surface area contributed by atoms with Crippen molar-refractivity contribution in [2.75, 3.05) is 17.6 Å². The van der Waals surface area contributed by atoms with Gasteiger partial charge in [-0.25, -0.2) is 0 Å². The fourth-order valence-electron chi connectivity index (χ4n) is 2.38. The lowest BCUT2D eigenvalue weighted by Gasteiger charge is -2.15. The predicted octanol–water partition coefficient (Wildman–Crippen LogP) is 2.80. The second kappa shape index (κ2) is 5.15. The molecule has 1 aliphatic rings. The molecule has 3 nitrogen and oxygen atoms in total. The summed E-state index contributed by atoms with van der Waals surface area (Å²) in [5.41, 5.74) is 8.49. The van der Waals surface area contributed by atoms with Crippen molar-refractivity contribution in [2.45, 2.75) is 32.3 Å². The van der Waals surface area contributed by atoms with E-state index in [1.54, 1.807) is 0 Å². The molecule has 0 spiro atoms. The molecule has 0 saturated heterocycles. The maximum absolute atomic E-state index is 9.47. The molecule has 2 rings (SSSR count). The van der Waals surface area contributed by atoms with Gasteiger partial charge in [-0.3, -0.25) is 0 Å². The minimum atomic E-state index is -0.113. The molecule has 4 heteroatoms. The van der Waals surface area contributed by atoms with Crippen molar-refractivity contribution in [3.05, 3.63) is 22.7 Å². The Hall–Kier alpha value is -0.930. The SMILES string of the molecule is Cc1cc(N)c(Cl)cc1NCC1CCC(O)C1. The Labute approximate surface area is 107 Å². The quantitative estimate of drug-likeness (QED) is 0.727. The van der Waals surface area contributed by atoms with Gasteiger partial charge >= 0.3 is 0 Å². The van der Waals surface area contributed by atoms with Crippen LogP contribution in [0.15, 0.2) is 12.1 Å². The first-order valence-corrected chi connectivity index (χ1v) is 6.41. The van der Waals surface area contributed by atoms with E-state index in [-0.39, 0.29) is 6.10 Å². The summed E-state index contributed by atoms with van der Waals surface area (Å²) in [4.78, 5) is 0. The van der Waals surface area contributed by atoms with E-state index in [4.69, 9.17) is 17.3 Å². The van der Waals surface area contributed by atoms with Gasteiger partial charge in [0.1, 0.15) is 0 Å². The molecule has 1 aliphatic carbocycles.